The maximum Gasteiger partial charge on any atom is 0.191 e. The molecule has 0 radical (unpaired) electrons. The summed E-state index contributed by atoms with van der Waals surface area (Å²) >= 11 is 1.91. The number of thioether (sulfide) groups is 1. The number of hydrogen-bond acceptors (Lipinski definition) is 4. The van der Waals surface area contributed by atoms with Crippen molar-refractivity contribution in [3.05, 3.63) is 29.8 Å². The molecule has 2 N–H and O–H groups in total. The van der Waals surface area contributed by atoms with E-state index >= 15 is 0 Å². The highest BCUT2D eigenvalue weighted by Gasteiger charge is 2.25. The summed E-state index contributed by atoms with van der Waals surface area (Å²) in [5, 5.41) is 6.99. The maximum absolute atomic E-state index is 5.65. The van der Waals surface area contributed by atoms with Crippen LogP contribution in [-0.4, -0.2) is 63.2 Å². The van der Waals surface area contributed by atoms with Gasteiger partial charge in [-0.05, 0) is 56.8 Å². The van der Waals surface area contributed by atoms with E-state index in [9.17, 15) is 0 Å². The lowest BCUT2D eigenvalue weighted by atomic mass is 10.0. The smallest absolute Gasteiger partial charge is 0.191 e. The van der Waals surface area contributed by atoms with Crippen LogP contribution in [0.1, 0.15) is 43.7 Å². The van der Waals surface area contributed by atoms with Crippen LogP contribution in [0.2, 0.25) is 0 Å². The van der Waals surface area contributed by atoms with Crippen molar-refractivity contribution >= 4 is 17.7 Å². The fourth-order valence-electron chi connectivity index (χ4n) is 3.60. The van der Waals surface area contributed by atoms with Crippen molar-refractivity contribution in [1.29, 1.82) is 0 Å². The van der Waals surface area contributed by atoms with Crippen LogP contribution >= 0.6 is 11.8 Å². The number of nitrogens with zero attached hydrogens (tertiary/aromatic N) is 2. The quantitative estimate of drug-likeness (QED) is 0.362. The van der Waals surface area contributed by atoms with Crippen molar-refractivity contribution < 1.29 is 4.74 Å². The Labute approximate surface area is 169 Å². The van der Waals surface area contributed by atoms with E-state index in [0.717, 1.165) is 37.9 Å². The molecule has 0 amide bonds. The Balaban J connectivity index is 1.99. The molecule has 0 saturated carbocycles. The Morgan fingerprint density at radius 2 is 1.96 bits per heavy atom. The number of benzene rings is 1. The minimum Gasteiger partial charge on any atom is -0.496 e. The van der Waals surface area contributed by atoms with Crippen molar-refractivity contribution in [1.82, 2.24) is 15.5 Å². The zero-order valence-electron chi connectivity index (χ0n) is 17.2. The summed E-state index contributed by atoms with van der Waals surface area (Å²) in [4.78, 5) is 6.98. The van der Waals surface area contributed by atoms with Gasteiger partial charge >= 0.3 is 0 Å². The Morgan fingerprint density at radius 1 is 1.19 bits per heavy atom. The normalized spacial score (nSPS) is 16.8. The van der Waals surface area contributed by atoms with E-state index in [4.69, 9.17) is 4.74 Å². The molecule has 6 heteroatoms. The SMILES string of the molecule is CN=C(NCCCCSC)NCC(c1ccccc1OC)N1CCCCC1. The van der Waals surface area contributed by atoms with E-state index in [-0.39, 0.29) is 6.04 Å². The summed E-state index contributed by atoms with van der Waals surface area (Å²) in [6.07, 6.45) is 8.45. The molecule has 0 aliphatic carbocycles. The molecule has 0 aromatic heterocycles. The highest BCUT2D eigenvalue weighted by molar-refractivity contribution is 7.98. The van der Waals surface area contributed by atoms with Gasteiger partial charge in [-0.15, -0.1) is 0 Å². The molecule has 5 nitrogen and oxygen atoms in total. The second-order valence-corrected chi connectivity index (χ2v) is 7.92. The van der Waals surface area contributed by atoms with Crippen LogP contribution in [-0.2, 0) is 0 Å². The molecule has 1 atom stereocenters. The van der Waals surface area contributed by atoms with Gasteiger partial charge in [0.25, 0.3) is 0 Å². The number of para-hydroxylation sites is 1. The molecule has 1 fully saturated rings. The van der Waals surface area contributed by atoms with Gasteiger partial charge in [0.15, 0.2) is 5.96 Å². The molecule has 0 bridgehead atoms. The topological polar surface area (TPSA) is 48.9 Å². The van der Waals surface area contributed by atoms with Gasteiger partial charge in [-0.3, -0.25) is 9.89 Å². The number of ether oxygens (including phenoxy) is 1. The zero-order chi connectivity index (χ0) is 19.3. The van der Waals surface area contributed by atoms with Crippen molar-refractivity contribution in [2.75, 3.05) is 52.3 Å². The second-order valence-electron chi connectivity index (χ2n) is 6.93. The van der Waals surface area contributed by atoms with E-state index < -0.39 is 0 Å². The van der Waals surface area contributed by atoms with Crippen molar-refractivity contribution in [2.45, 2.75) is 38.1 Å². The molecule has 1 heterocycles. The first-order valence-corrected chi connectivity index (χ1v) is 11.5. The van der Waals surface area contributed by atoms with Crippen molar-refractivity contribution in [2.24, 2.45) is 4.99 Å². The van der Waals surface area contributed by atoms with Crippen LogP contribution in [0.25, 0.3) is 0 Å². The first kappa shape index (κ1) is 21.9. The van der Waals surface area contributed by atoms with E-state index in [0.29, 0.717) is 0 Å². The molecule has 0 spiro atoms. The standard InChI is InChI=1S/C21H36N4OS/c1-22-21(23-13-7-10-16-27-3)24-17-19(25-14-8-4-9-15-25)18-11-5-6-12-20(18)26-2/h5-6,11-12,19H,4,7-10,13-17H2,1-3H3,(H2,22,23,24). The molecular formula is C21H36N4OS. The molecule has 1 aromatic carbocycles. The molecule has 1 aromatic rings. The Bertz CT molecular complexity index is 561. The van der Waals surface area contributed by atoms with Crippen molar-refractivity contribution in [3.8, 4) is 5.75 Å². The van der Waals surface area contributed by atoms with Crippen molar-refractivity contribution in [3.63, 3.8) is 0 Å². The first-order chi connectivity index (χ1) is 13.3. The average Bonchev–Trinajstić information content (AvgIpc) is 2.73. The third-order valence-electron chi connectivity index (χ3n) is 5.08. The summed E-state index contributed by atoms with van der Waals surface area (Å²) in [6.45, 7) is 4.07. The van der Waals surface area contributed by atoms with Crippen LogP contribution in [0.3, 0.4) is 0 Å². The lowest BCUT2D eigenvalue weighted by Gasteiger charge is -2.35. The number of unbranched alkanes of at least 4 members (excludes halogenated alkanes) is 1. The zero-order valence-corrected chi connectivity index (χ0v) is 18.0. The van der Waals surface area contributed by atoms with Crippen LogP contribution < -0.4 is 15.4 Å². The van der Waals surface area contributed by atoms with Gasteiger partial charge in [-0.2, -0.15) is 11.8 Å². The Hall–Kier alpha value is -1.40. The number of nitrogens with one attached hydrogen (secondary N) is 2. The predicted octanol–water partition coefficient (Wildman–Crippen LogP) is 3.53. The van der Waals surface area contributed by atoms with Crippen LogP contribution in [0.15, 0.2) is 29.3 Å². The summed E-state index contributed by atoms with van der Waals surface area (Å²) in [6, 6.07) is 8.69. The van der Waals surface area contributed by atoms with Gasteiger partial charge in [0.2, 0.25) is 0 Å². The van der Waals surface area contributed by atoms with E-state index in [2.05, 4.69) is 45.0 Å². The number of rotatable bonds is 10. The Kier molecular flexibility index (Phi) is 10.5. The maximum atomic E-state index is 5.65. The predicted molar refractivity (Wildman–Crippen MR) is 118 cm³/mol. The summed E-state index contributed by atoms with van der Waals surface area (Å²) in [5.74, 6) is 3.07. The largest absolute Gasteiger partial charge is 0.496 e. The summed E-state index contributed by atoms with van der Waals surface area (Å²) in [5.41, 5.74) is 1.25. The molecule has 1 saturated heterocycles. The molecule has 152 valence electrons. The minimum absolute atomic E-state index is 0.288. The molecule has 1 aliphatic rings. The highest BCUT2D eigenvalue weighted by Crippen LogP contribution is 2.30. The van der Waals surface area contributed by atoms with Gasteiger partial charge in [0, 0.05) is 25.7 Å². The second kappa shape index (κ2) is 12.9. The minimum atomic E-state index is 0.288. The van der Waals surface area contributed by atoms with Crippen LogP contribution in [0.4, 0.5) is 0 Å². The van der Waals surface area contributed by atoms with E-state index in [1.807, 2.05) is 24.9 Å². The molecule has 27 heavy (non-hydrogen) atoms. The van der Waals surface area contributed by atoms with Crippen LogP contribution in [0, 0.1) is 0 Å². The summed E-state index contributed by atoms with van der Waals surface area (Å²) in [7, 11) is 3.60. The van der Waals surface area contributed by atoms with E-state index in [1.165, 1.54) is 43.4 Å². The number of guanidine groups is 1. The molecule has 1 aliphatic heterocycles. The number of methoxy groups -OCH3 is 1. The van der Waals surface area contributed by atoms with Gasteiger partial charge in [-0.1, -0.05) is 24.6 Å². The Morgan fingerprint density at radius 3 is 2.67 bits per heavy atom. The molecular weight excluding hydrogens is 356 g/mol. The van der Waals surface area contributed by atoms with Gasteiger partial charge in [-0.25, -0.2) is 0 Å². The highest BCUT2D eigenvalue weighted by atomic mass is 32.2. The number of piperidine rings is 1. The average molecular weight is 393 g/mol. The third kappa shape index (κ3) is 7.26. The number of aliphatic imine (C=N–C) groups is 1. The lowest BCUT2D eigenvalue weighted by molar-refractivity contribution is 0.161. The molecule has 1 unspecified atom stereocenters. The van der Waals surface area contributed by atoms with Gasteiger partial charge in [0.05, 0.1) is 13.2 Å². The first-order valence-electron chi connectivity index (χ1n) is 10.1. The van der Waals surface area contributed by atoms with Gasteiger partial charge < -0.3 is 15.4 Å². The number of likely N-dealkylation sites (tertiary alicyclic amines) is 1. The monoisotopic (exact) mass is 392 g/mol. The van der Waals surface area contributed by atoms with Gasteiger partial charge in [0.1, 0.15) is 5.75 Å². The fourth-order valence-corrected chi connectivity index (χ4v) is 4.09. The van der Waals surface area contributed by atoms with E-state index in [1.54, 1.807) is 7.11 Å². The molecule has 2 rings (SSSR count). The summed E-state index contributed by atoms with van der Waals surface area (Å²) < 4.78 is 5.65. The fraction of sp³-hybridized carbons (Fsp3) is 0.667. The number of hydrogen-bond donors (Lipinski definition) is 2. The van der Waals surface area contributed by atoms with Crippen LogP contribution in [0.5, 0.6) is 5.75 Å². The lowest BCUT2D eigenvalue weighted by Crippen LogP contribution is -2.44. The third-order valence-corrected chi connectivity index (χ3v) is 5.78.